The second-order valence-corrected chi connectivity index (χ2v) is 8.37. The average Bonchev–Trinajstić information content (AvgIpc) is 2.74. The van der Waals surface area contributed by atoms with Gasteiger partial charge in [-0.1, -0.05) is 17.7 Å². The number of nitrogens with zero attached hydrogens (tertiary/aromatic N) is 1. The van der Waals surface area contributed by atoms with Crippen LogP contribution in [0.3, 0.4) is 0 Å². The molecular formula is C26H30F3NO3. The van der Waals surface area contributed by atoms with Crippen molar-refractivity contribution in [2.24, 2.45) is 0 Å². The number of anilines is 1. The smallest absolute Gasteiger partial charge is 0.507 e. The van der Waals surface area contributed by atoms with Gasteiger partial charge in [-0.25, -0.2) is 0 Å². The quantitative estimate of drug-likeness (QED) is 0.485. The zero-order chi connectivity index (χ0) is 24.2. The van der Waals surface area contributed by atoms with Gasteiger partial charge in [0.25, 0.3) is 0 Å². The summed E-state index contributed by atoms with van der Waals surface area (Å²) in [5.74, 6) is 0.854. The second kappa shape index (κ2) is 10.2. The summed E-state index contributed by atoms with van der Waals surface area (Å²) in [5, 5.41) is 10.7. The van der Waals surface area contributed by atoms with Crippen molar-refractivity contribution in [3.05, 3.63) is 71.3 Å². The summed E-state index contributed by atoms with van der Waals surface area (Å²) in [4.78, 5) is 1.94. The standard InChI is InChI=1S/C23H24F3NO3.C3H6/c1-14-4-3-5-16(10-14)21-20(28)11-15(2)19-12-27(13-29-22(19)21)17-6-8-18(9-7-17)30-23(24,25)26;1-3-2/h6-11,16,28H,3-5,12-13H2,1-2H3;3H,1H2,2H3. The summed E-state index contributed by atoms with van der Waals surface area (Å²) in [6, 6.07) is 7.53. The van der Waals surface area contributed by atoms with Crippen LogP contribution >= 0.6 is 0 Å². The predicted octanol–water partition coefficient (Wildman–Crippen LogP) is 7.36. The minimum Gasteiger partial charge on any atom is -0.507 e. The Balaban J connectivity index is 0.000000968. The number of halogens is 3. The maximum Gasteiger partial charge on any atom is 0.573 e. The lowest BCUT2D eigenvalue weighted by Crippen LogP contribution is -2.33. The lowest BCUT2D eigenvalue weighted by Gasteiger charge is -2.34. The molecule has 7 heteroatoms. The maximum atomic E-state index is 12.4. The van der Waals surface area contributed by atoms with E-state index in [9.17, 15) is 18.3 Å². The van der Waals surface area contributed by atoms with Crippen molar-refractivity contribution in [1.29, 1.82) is 0 Å². The molecule has 0 radical (unpaired) electrons. The van der Waals surface area contributed by atoms with Gasteiger partial charge in [0.05, 0.1) is 6.54 Å². The maximum absolute atomic E-state index is 12.4. The van der Waals surface area contributed by atoms with Crippen LogP contribution in [0.4, 0.5) is 18.9 Å². The molecule has 2 aromatic rings. The first-order valence-corrected chi connectivity index (χ1v) is 11.0. The molecule has 0 bridgehead atoms. The van der Waals surface area contributed by atoms with Crippen LogP contribution in [0.1, 0.15) is 55.7 Å². The Kier molecular flexibility index (Phi) is 7.61. The number of ether oxygens (including phenoxy) is 2. The van der Waals surface area contributed by atoms with Crippen LogP contribution < -0.4 is 14.4 Å². The van der Waals surface area contributed by atoms with Crippen molar-refractivity contribution in [2.75, 3.05) is 11.6 Å². The van der Waals surface area contributed by atoms with Gasteiger partial charge >= 0.3 is 6.36 Å². The molecule has 178 valence electrons. The van der Waals surface area contributed by atoms with Crippen LogP contribution in [0.2, 0.25) is 0 Å². The predicted molar refractivity (Wildman–Crippen MR) is 124 cm³/mol. The van der Waals surface area contributed by atoms with Crippen LogP contribution in [0, 0.1) is 6.92 Å². The fourth-order valence-electron chi connectivity index (χ4n) is 4.29. The van der Waals surface area contributed by atoms with Gasteiger partial charge in [0.2, 0.25) is 0 Å². The first-order chi connectivity index (χ1) is 15.6. The normalized spacial score (nSPS) is 17.7. The van der Waals surface area contributed by atoms with Gasteiger partial charge in [0.1, 0.15) is 17.2 Å². The molecule has 0 fully saturated rings. The summed E-state index contributed by atoms with van der Waals surface area (Å²) in [7, 11) is 0. The van der Waals surface area contributed by atoms with Crippen LogP contribution in [-0.4, -0.2) is 18.2 Å². The largest absolute Gasteiger partial charge is 0.573 e. The van der Waals surface area contributed by atoms with Crippen molar-refractivity contribution in [1.82, 2.24) is 0 Å². The third-order valence-electron chi connectivity index (χ3n) is 5.72. The zero-order valence-corrected chi connectivity index (χ0v) is 19.2. The number of aryl methyl sites for hydroxylation is 1. The number of hydrogen-bond donors (Lipinski definition) is 1. The lowest BCUT2D eigenvalue weighted by molar-refractivity contribution is -0.274. The Morgan fingerprint density at radius 3 is 2.48 bits per heavy atom. The third kappa shape index (κ3) is 6.03. The van der Waals surface area contributed by atoms with Crippen molar-refractivity contribution in [3.63, 3.8) is 0 Å². The number of aromatic hydroxyl groups is 1. The van der Waals surface area contributed by atoms with E-state index in [0.717, 1.165) is 47.4 Å². The Morgan fingerprint density at radius 1 is 1.21 bits per heavy atom. The molecular weight excluding hydrogens is 431 g/mol. The first kappa shape index (κ1) is 24.6. The van der Waals surface area contributed by atoms with E-state index in [2.05, 4.69) is 24.3 Å². The Labute approximate surface area is 192 Å². The monoisotopic (exact) mass is 461 g/mol. The fraction of sp³-hybridized carbons (Fsp3) is 0.385. The number of phenolic OH excluding ortho intramolecular Hbond substituents is 1. The molecule has 0 amide bonds. The van der Waals surface area contributed by atoms with E-state index < -0.39 is 6.36 Å². The van der Waals surface area contributed by atoms with Crippen molar-refractivity contribution in [3.8, 4) is 17.2 Å². The number of allylic oxidation sites excluding steroid dienone is 3. The first-order valence-electron chi connectivity index (χ1n) is 11.0. The summed E-state index contributed by atoms with van der Waals surface area (Å²) in [5.41, 5.74) is 4.80. The number of alkyl halides is 3. The molecule has 1 aliphatic carbocycles. The van der Waals surface area contributed by atoms with Crippen molar-refractivity contribution < 1.29 is 27.8 Å². The molecule has 1 atom stereocenters. The molecule has 4 rings (SSSR count). The van der Waals surface area contributed by atoms with Gasteiger partial charge in [-0.15, -0.1) is 19.8 Å². The number of hydrogen-bond acceptors (Lipinski definition) is 4. The second-order valence-electron chi connectivity index (χ2n) is 8.37. The van der Waals surface area contributed by atoms with E-state index in [0.29, 0.717) is 6.54 Å². The van der Waals surface area contributed by atoms with E-state index >= 15 is 0 Å². The van der Waals surface area contributed by atoms with Gasteiger partial charge in [-0.05, 0) is 75.9 Å². The zero-order valence-electron chi connectivity index (χ0n) is 19.2. The van der Waals surface area contributed by atoms with E-state index in [1.807, 2.05) is 18.7 Å². The molecule has 0 saturated carbocycles. The van der Waals surface area contributed by atoms with Crippen molar-refractivity contribution >= 4 is 5.69 Å². The Hall–Kier alpha value is -3.09. The number of fused-ring (bicyclic) bond motifs is 1. The summed E-state index contributed by atoms with van der Waals surface area (Å²) in [6.45, 7) is 10.1. The molecule has 1 unspecified atom stereocenters. The Bertz CT molecular complexity index is 1010. The molecule has 1 aliphatic heterocycles. The highest BCUT2D eigenvalue weighted by molar-refractivity contribution is 5.60. The van der Waals surface area contributed by atoms with Gasteiger partial charge in [-0.2, -0.15) is 0 Å². The average molecular weight is 462 g/mol. The summed E-state index contributed by atoms with van der Waals surface area (Å²) in [6.07, 6.45) is 2.37. The number of phenols is 1. The highest BCUT2D eigenvalue weighted by Crippen LogP contribution is 2.46. The molecule has 2 aliphatic rings. The molecule has 0 saturated heterocycles. The third-order valence-corrected chi connectivity index (χ3v) is 5.72. The minimum absolute atomic E-state index is 0.124. The molecule has 2 aromatic carbocycles. The van der Waals surface area contributed by atoms with Gasteiger partial charge < -0.3 is 19.5 Å². The van der Waals surface area contributed by atoms with Crippen LogP contribution in [0.5, 0.6) is 17.2 Å². The topological polar surface area (TPSA) is 41.9 Å². The highest BCUT2D eigenvalue weighted by atomic mass is 19.4. The van der Waals surface area contributed by atoms with E-state index in [4.69, 9.17) is 4.74 Å². The van der Waals surface area contributed by atoms with Crippen LogP contribution in [0.25, 0.3) is 0 Å². The van der Waals surface area contributed by atoms with E-state index in [1.165, 1.54) is 17.7 Å². The summed E-state index contributed by atoms with van der Waals surface area (Å²) >= 11 is 0. The van der Waals surface area contributed by atoms with Crippen molar-refractivity contribution in [2.45, 2.75) is 58.9 Å². The molecule has 0 aromatic heterocycles. The van der Waals surface area contributed by atoms with Gasteiger partial charge in [0, 0.05) is 22.7 Å². The van der Waals surface area contributed by atoms with E-state index in [-0.39, 0.29) is 24.1 Å². The number of rotatable bonds is 3. The molecule has 33 heavy (non-hydrogen) atoms. The SMILES string of the molecule is C=CC.CC1=CC(c2c(O)cc(C)c3c2OCN(c2ccc(OC(F)(F)F)cc2)C3)CCC1. The lowest BCUT2D eigenvalue weighted by atomic mass is 9.83. The van der Waals surface area contributed by atoms with Crippen LogP contribution in [0.15, 0.2) is 54.6 Å². The Morgan fingerprint density at radius 2 is 1.88 bits per heavy atom. The highest BCUT2D eigenvalue weighted by Gasteiger charge is 2.32. The molecule has 1 heterocycles. The minimum atomic E-state index is -4.71. The van der Waals surface area contributed by atoms with Gasteiger partial charge in [-0.3, -0.25) is 0 Å². The number of benzene rings is 2. The summed E-state index contributed by atoms with van der Waals surface area (Å²) < 4.78 is 47.2. The fourth-order valence-corrected chi connectivity index (χ4v) is 4.29. The van der Waals surface area contributed by atoms with Gasteiger partial charge in [0.15, 0.2) is 6.73 Å². The van der Waals surface area contributed by atoms with E-state index in [1.54, 1.807) is 24.3 Å². The molecule has 1 N–H and O–H groups in total. The molecule has 4 nitrogen and oxygen atoms in total. The molecule has 0 spiro atoms. The van der Waals surface area contributed by atoms with Crippen LogP contribution in [-0.2, 0) is 6.54 Å².